The van der Waals surface area contributed by atoms with Crippen LogP contribution < -0.4 is 5.32 Å². The van der Waals surface area contributed by atoms with E-state index in [4.69, 9.17) is 10.2 Å². The maximum absolute atomic E-state index is 12.2. The molecule has 0 aromatic carbocycles. The van der Waals surface area contributed by atoms with Gasteiger partial charge in [-0.1, -0.05) is 26.7 Å². The Morgan fingerprint density at radius 3 is 2.10 bits per heavy atom. The van der Waals surface area contributed by atoms with Crippen LogP contribution in [0.5, 0.6) is 0 Å². The molecule has 6 nitrogen and oxygen atoms in total. The molecule has 0 bridgehead atoms. The minimum Gasteiger partial charge on any atom is -0.481 e. The lowest BCUT2D eigenvalue weighted by Crippen LogP contribution is -2.47. The van der Waals surface area contributed by atoms with Crippen LogP contribution in [0, 0.1) is 17.8 Å². The van der Waals surface area contributed by atoms with Crippen molar-refractivity contribution < 1.29 is 24.6 Å². The van der Waals surface area contributed by atoms with E-state index in [0.717, 1.165) is 12.8 Å². The smallest absolute Gasteiger partial charge is 0.326 e. The summed E-state index contributed by atoms with van der Waals surface area (Å²) in [4.78, 5) is 34.5. The second kappa shape index (κ2) is 7.26. The normalized spacial score (nSPS) is 24.1. The highest BCUT2D eigenvalue weighted by molar-refractivity contribution is 5.88. The lowest BCUT2D eigenvalue weighted by atomic mass is 9.78. The Morgan fingerprint density at radius 1 is 1.10 bits per heavy atom. The fourth-order valence-electron chi connectivity index (χ4n) is 2.71. The molecule has 0 aromatic heterocycles. The van der Waals surface area contributed by atoms with E-state index in [2.05, 4.69) is 5.32 Å². The fourth-order valence-corrected chi connectivity index (χ4v) is 2.71. The Labute approximate surface area is 118 Å². The summed E-state index contributed by atoms with van der Waals surface area (Å²) in [6, 6.07) is -0.945. The highest BCUT2D eigenvalue weighted by Gasteiger charge is 2.37. The van der Waals surface area contributed by atoms with Crippen molar-refractivity contribution in [1.82, 2.24) is 5.32 Å². The van der Waals surface area contributed by atoms with Gasteiger partial charge in [0.25, 0.3) is 0 Å². The number of carbonyl (C=O) groups is 3. The van der Waals surface area contributed by atoms with Gasteiger partial charge in [0.15, 0.2) is 0 Å². The van der Waals surface area contributed by atoms with Crippen molar-refractivity contribution in [3.05, 3.63) is 0 Å². The fraction of sp³-hybridized carbons (Fsp3) is 0.786. The Balaban J connectivity index is 2.71. The lowest BCUT2D eigenvalue weighted by Gasteiger charge is -2.28. The Kier molecular flexibility index (Phi) is 5.98. The van der Waals surface area contributed by atoms with E-state index in [1.54, 1.807) is 0 Å². The summed E-state index contributed by atoms with van der Waals surface area (Å²) < 4.78 is 0. The summed E-state index contributed by atoms with van der Waals surface area (Å²) in [7, 11) is 0. The second-order valence-electron chi connectivity index (χ2n) is 5.86. The zero-order chi connectivity index (χ0) is 15.3. The van der Waals surface area contributed by atoms with Crippen LogP contribution in [-0.2, 0) is 14.4 Å². The molecule has 114 valence electrons. The minimum atomic E-state index is -1.07. The Hall–Kier alpha value is -1.59. The van der Waals surface area contributed by atoms with Gasteiger partial charge in [0.05, 0.1) is 11.8 Å². The van der Waals surface area contributed by atoms with Crippen molar-refractivity contribution in [3.8, 4) is 0 Å². The number of nitrogens with one attached hydrogen (secondary N) is 1. The molecular formula is C14H23NO5. The number of carbonyl (C=O) groups excluding carboxylic acids is 1. The number of hydrogen-bond donors (Lipinski definition) is 3. The molecule has 1 rings (SSSR count). The lowest BCUT2D eigenvalue weighted by molar-refractivity contribution is -0.150. The molecule has 1 saturated carbocycles. The molecule has 1 aliphatic carbocycles. The maximum Gasteiger partial charge on any atom is 0.326 e. The molecule has 6 heteroatoms. The SMILES string of the molecule is CC(C)C[C@H](NC(=O)[C@@H]1CCCC[C@H]1C(=O)O)C(=O)O. The van der Waals surface area contributed by atoms with Crippen molar-refractivity contribution in [1.29, 1.82) is 0 Å². The molecule has 0 unspecified atom stereocenters. The maximum atomic E-state index is 12.2. The van der Waals surface area contributed by atoms with E-state index in [-0.39, 0.29) is 5.92 Å². The van der Waals surface area contributed by atoms with E-state index >= 15 is 0 Å². The Morgan fingerprint density at radius 2 is 1.65 bits per heavy atom. The van der Waals surface area contributed by atoms with Gasteiger partial charge in [0.2, 0.25) is 5.91 Å². The molecule has 0 saturated heterocycles. The van der Waals surface area contributed by atoms with Crippen LogP contribution in [0.3, 0.4) is 0 Å². The van der Waals surface area contributed by atoms with Crippen LogP contribution in [-0.4, -0.2) is 34.1 Å². The molecule has 3 atom stereocenters. The molecule has 0 aliphatic heterocycles. The first-order chi connectivity index (χ1) is 9.32. The second-order valence-corrected chi connectivity index (χ2v) is 5.86. The van der Waals surface area contributed by atoms with Crippen LogP contribution in [0.15, 0.2) is 0 Å². The van der Waals surface area contributed by atoms with Crippen molar-refractivity contribution in [2.24, 2.45) is 17.8 Å². The number of carboxylic acids is 2. The van der Waals surface area contributed by atoms with Crippen molar-refractivity contribution in [2.75, 3.05) is 0 Å². The van der Waals surface area contributed by atoms with Gasteiger partial charge in [-0.15, -0.1) is 0 Å². The predicted octanol–water partition coefficient (Wildman–Crippen LogP) is 1.49. The first-order valence-electron chi connectivity index (χ1n) is 7.09. The van der Waals surface area contributed by atoms with Crippen molar-refractivity contribution in [2.45, 2.75) is 52.0 Å². The zero-order valence-electron chi connectivity index (χ0n) is 12.0. The average Bonchev–Trinajstić information content (AvgIpc) is 2.37. The Bertz CT molecular complexity index is 380. The molecule has 20 heavy (non-hydrogen) atoms. The summed E-state index contributed by atoms with van der Waals surface area (Å²) >= 11 is 0. The van der Waals surface area contributed by atoms with Crippen LogP contribution in [0.4, 0.5) is 0 Å². The molecule has 0 radical (unpaired) electrons. The van der Waals surface area contributed by atoms with Gasteiger partial charge < -0.3 is 15.5 Å². The molecule has 1 amide bonds. The standard InChI is InChI=1S/C14H23NO5/c1-8(2)7-11(14(19)20)15-12(16)9-5-3-4-6-10(9)13(17)18/h8-11H,3-7H2,1-2H3,(H,15,16)(H,17,18)(H,19,20)/t9-,10-,11+/m1/s1. The highest BCUT2D eigenvalue weighted by Crippen LogP contribution is 2.30. The average molecular weight is 285 g/mol. The molecular weight excluding hydrogens is 262 g/mol. The predicted molar refractivity (Wildman–Crippen MR) is 72.1 cm³/mol. The third kappa shape index (κ3) is 4.51. The minimum absolute atomic E-state index is 0.137. The molecule has 0 aromatic rings. The number of aliphatic carboxylic acids is 2. The van der Waals surface area contributed by atoms with Crippen LogP contribution in [0.25, 0.3) is 0 Å². The first-order valence-corrected chi connectivity index (χ1v) is 7.09. The molecule has 0 heterocycles. The van der Waals surface area contributed by atoms with E-state index < -0.39 is 35.7 Å². The summed E-state index contributed by atoms with van der Waals surface area (Å²) in [6.07, 6.45) is 2.94. The van der Waals surface area contributed by atoms with Gasteiger partial charge in [-0.05, 0) is 25.2 Å². The van der Waals surface area contributed by atoms with Gasteiger partial charge in [-0.3, -0.25) is 9.59 Å². The van der Waals surface area contributed by atoms with E-state index in [9.17, 15) is 14.4 Å². The summed E-state index contributed by atoms with van der Waals surface area (Å²) in [6.45, 7) is 3.76. The monoisotopic (exact) mass is 285 g/mol. The first kappa shape index (κ1) is 16.5. The van der Waals surface area contributed by atoms with Gasteiger partial charge in [0.1, 0.15) is 6.04 Å². The summed E-state index contributed by atoms with van der Waals surface area (Å²) in [5.41, 5.74) is 0. The summed E-state index contributed by atoms with van der Waals surface area (Å²) in [5, 5.41) is 20.8. The van der Waals surface area contributed by atoms with Crippen LogP contribution >= 0.6 is 0 Å². The van der Waals surface area contributed by atoms with Crippen LogP contribution in [0.1, 0.15) is 46.0 Å². The largest absolute Gasteiger partial charge is 0.481 e. The third-order valence-electron chi connectivity index (χ3n) is 3.74. The van der Waals surface area contributed by atoms with Gasteiger partial charge >= 0.3 is 11.9 Å². The number of rotatable bonds is 6. The van der Waals surface area contributed by atoms with Crippen molar-refractivity contribution in [3.63, 3.8) is 0 Å². The van der Waals surface area contributed by atoms with Gasteiger partial charge in [-0.2, -0.15) is 0 Å². The van der Waals surface area contributed by atoms with Gasteiger partial charge in [-0.25, -0.2) is 4.79 Å². The quantitative estimate of drug-likeness (QED) is 0.686. The van der Waals surface area contributed by atoms with Gasteiger partial charge in [0, 0.05) is 0 Å². The molecule has 1 fully saturated rings. The molecule has 3 N–H and O–H groups in total. The van der Waals surface area contributed by atoms with Crippen molar-refractivity contribution >= 4 is 17.8 Å². The topological polar surface area (TPSA) is 104 Å². The van der Waals surface area contributed by atoms with E-state index in [1.807, 2.05) is 13.8 Å². The van der Waals surface area contributed by atoms with E-state index in [0.29, 0.717) is 19.3 Å². The zero-order valence-corrected chi connectivity index (χ0v) is 12.0. The number of amides is 1. The third-order valence-corrected chi connectivity index (χ3v) is 3.74. The number of carboxylic acid groups (broad SMARTS) is 2. The molecule has 0 spiro atoms. The highest BCUT2D eigenvalue weighted by atomic mass is 16.4. The van der Waals surface area contributed by atoms with E-state index in [1.165, 1.54) is 0 Å². The molecule has 1 aliphatic rings. The summed E-state index contributed by atoms with van der Waals surface area (Å²) in [5.74, 6) is -3.66. The van der Waals surface area contributed by atoms with Crippen LogP contribution in [0.2, 0.25) is 0 Å². The number of hydrogen-bond acceptors (Lipinski definition) is 3.